The van der Waals surface area contributed by atoms with Gasteiger partial charge in [-0.25, -0.2) is 23.2 Å². The molecular weight excluding hydrogens is 454 g/mol. The van der Waals surface area contributed by atoms with Crippen molar-refractivity contribution in [3.05, 3.63) is 71.2 Å². The number of rotatable bonds is 7. The molecule has 4 aromatic rings. The zero-order valence-electron chi connectivity index (χ0n) is 16.9. The number of methoxy groups -OCH3 is 1. The number of carbonyl (C=O) groups is 1. The largest absolute Gasteiger partial charge is 0.465 e. The van der Waals surface area contributed by atoms with Crippen LogP contribution in [0.2, 0.25) is 0 Å². The fourth-order valence-electron chi connectivity index (χ4n) is 2.78. The zero-order valence-corrected chi connectivity index (χ0v) is 18.6. The number of nitrogens with one attached hydrogen (secondary N) is 1. The molecule has 4 rings (SSSR count). The summed E-state index contributed by atoms with van der Waals surface area (Å²) in [4.78, 5) is 24.3. The van der Waals surface area contributed by atoms with Crippen molar-refractivity contribution in [2.75, 3.05) is 11.8 Å². The maximum Gasteiger partial charge on any atom is 0.349 e. The van der Waals surface area contributed by atoms with E-state index in [9.17, 15) is 13.2 Å². The van der Waals surface area contributed by atoms with Gasteiger partial charge in [0.1, 0.15) is 33.5 Å². The number of hydrogen-bond donors (Lipinski definition) is 1. The van der Waals surface area contributed by atoms with Crippen molar-refractivity contribution in [1.82, 2.24) is 19.5 Å². The molecule has 1 N–H and O–H groups in total. The third kappa shape index (κ3) is 4.60. The molecule has 0 aliphatic heterocycles. The molecule has 0 saturated carbocycles. The topological polar surface area (TPSA) is 125 Å². The molecule has 0 aliphatic carbocycles. The summed E-state index contributed by atoms with van der Waals surface area (Å²) in [5.41, 5.74) is 0.303. The Bertz CT molecular complexity index is 1350. The molecule has 3 aromatic heterocycles. The minimum atomic E-state index is -3.97. The Morgan fingerprint density at radius 2 is 1.94 bits per heavy atom. The van der Waals surface area contributed by atoms with Crippen LogP contribution >= 0.6 is 11.3 Å². The highest BCUT2D eigenvalue weighted by molar-refractivity contribution is 7.93. The predicted molar refractivity (Wildman–Crippen MR) is 117 cm³/mol. The van der Waals surface area contributed by atoms with E-state index in [0.717, 1.165) is 11.3 Å². The van der Waals surface area contributed by atoms with E-state index in [1.54, 1.807) is 60.5 Å². The fraction of sp³-hybridized carbons (Fsp3) is 0.100. The smallest absolute Gasteiger partial charge is 0.349 e. The van der Waals surface area contributed by atoms with Crippen molar-refractivity contribution in [3.8, 4) is 17.4 Å². The molecular formula is C20H17N5O5S2. The number of sulfonamides is 1. The third-order valence-corrected chi connectivity index (χ3v) is 6.64. The quantitative estimate of drug-likeness (QED) is 0.407. The molecule has 0 spiro atoms. The van der Waals surface area contributed by atoms with Crippen molar-refractivity contribution < 1.29 is 22.7 Å². The molecule has 0 bridgehead atoms. The second-order valence-electron chi connectivity index (χ2n) is 6.42. The molecule has 12 heteroatoms. The second-order valence-corrected chi connectivity index (χ2v) is 8.99. The highest BCUT2D eigenvalue weighted by atomic mass is 32.2. The number of carbonyl (C=O) groups excluding carboxylic acids is 1. The van der Waals surface area contributed by atoms with E-state index in [4.69, 9.17) is 4.74 Å². The monoisotopic (exact) mass is 471 g/mol. The Morgan fingerprint density at radius 3 is 2.62 bits per heavy atom. The lowest BCUT2D eigenvalue weighted by molar-refractivity contribution is 0.0602. The van der Waals surface area contributed by atoms with Gasteiger partial charge in [-0.1, -0.05) is 0 Å². The summed E-state index contributed by atoms with van der Waals surface area (Å²) in [7, 11) is -2.78. The number of imidazole rings is 1. The molecule has 32 heavy (non-hydrogen) atoms. The van der Waals surface area contributed by atoms with Crippen LogP contribution in [0, 0.1) is 6.92 Å². The van der Waals surface area contributed by atoms with Crippen molar-refractivity contribution in [1.29, 1.82) is 0 Å². The average molecular weight is 472 g/mol. The van der Waals surface area contributed by atoms with Crippen molar-refractivity contribution in [3.63, 3.8) is 0 Å². The number of aryl methyl sites for hydroxylation is 1. The molecule has 10 nitrogen and oxygen atoms in total. The van der Waals surface area contributed by atoms with Gasteiger partial charge in [0, 0.05) is 24.1 Å². The molecule has 0 amide bonds. The van der Waals surface area contributed by atoms with Gasteiger partial charge in [-0.2, -0.15) is 4.98 Å². The Hall–Kier alpha value is -3.77. The maximum atomic E-state index is 12.7. The molecule has 0 fully saturated rings. The average Bonchev–Trinajstić information content (AvgIpc) is 3.46. The van der Waals surface area contributed by atoms with Crippen LogP contribution in [0.15, 0.2) is 65.4 Å². The number of nitrogens with zero attached hydrogens (tertiary/aromatic N) is 4. The third-order valence-electron chi connectivity index (χ3n) is 4.19. The van der Waals surface area contributed by atoms with Crippen molar-refractivity contribution >= 4 is 33.0 Å². The lowest BCUT2D eigenvalue weighted by atomic mass is 10.3. The van der Waals surface area contributed by atoms with Gasteiger partial charge < -0.3 is 9.47 Å². The molecule has 0 atom stereocenters. The molecule has 0 aliphatic rings. The van der Waals surface area contributed by atoms with Crippen molar-refractivity contribution in [2.45, 2.75) is 11.8 Å². The lowest BCUT2D eigenvalue weighted by Crippen LogP contribution is -2.15. The van der Waals surface area contributed by atoms with Crippen LogP contribution in [0.4, 0.5) is 5.69 Å². The van der Waals surface area contributed by atoms with Crippen LogP contribution in [0.5, 0.6) is 11.6 Å². The van der Waals surface area contributed by atoms with Gasteiger partial charge >= 0.3 is 5.97 Å². The van der Waals surface area contributed by atoms with Crippen LogP contribution in [-0.4, -0.2) is 41.0 Å². The summed E-state index contributed by atoms with van der Waals surface area (Å²) in [6.45, 7) is 1.75. The molecule has 1 aromatic carbocycles. The SMILES string of the molecule is COC(=O)c1sccc1S(=O)(=O)Nc1ccc(Oc2cc(-n3ccnc3)nc(C)n2)cc1. The summed E-state index contributed by atoms with van der Waals surface area (Å²) in [6.07, 6.45) is 5.01. The number of aromatic nitrogens is 4. The first-order chi connectivity index (χ1) is 15.4. The minimum absolute atomic E-state index is 0.00720. The highest BCUT2D eigenvalue weighted by Crippen LogP contribution is 2.27. The zero-order chi connectivity index (χ0) is 22.7. The Morgan fingerprint density at radius 1 is 1.16 bits per heavy atom. The summed E-state index contributed by atoms with van der Waals surface area (Å²) < 4.78 is 40.0. The Balaban J connectivity index is 1.51. The molecule has 164 valence electrons. The number of hydrogen-bond acceptors (Lipinski definition) is 9. The van der Waals surface area contributed by atoms with Crippen LogP contribution < -0.4 is 9.46 Å². The van der Waals surface area contributed by atoms with Gasteiger partial charge in [0.15, 0.2) is 0 Å². The first-order valence-corrected chi connectivity index (χ1v) is 11.5. The van der Waals surface area contributed by atoms with Gasteiger partial charge in [-0.3, -0.25) is 9.29 Å². The Labute approximate surface area is 187 Å². The molecule has 0 saturated heterocycles. The van der Waals surface area contributed by atoms with Gasteiger partial charge in [0.25, 0.3) is 10.0 Å². The summed E-state index contributed by atoms with van der Waals surface area (Å²) >= 11 is 0.993. The Kier molecular flexibility index (Phi) is 5.88. The van der Waals surface area contributed by atoms with Crippen LogP contribution in [0.3, 0.4) is 0 Å². The summed E-state index contributed by atoms with van der Waals surface area (Å²) in [6, 6.07) is 9.30. The van der Waals surface area contributed by atoms with Crippen LogP contribution in [-0.2, 0) is 14.8 Å². The maximum absolute atomic E-state index is 12.7. The molecule has 0 radical (unpaired) electrons. The minimum Gasteiger partial charge on any atom is -0.465 e. The van der Waals surface area contributed by atoms with E-state index >= 15 is 0 Å². The van der Waals surface area contributed by atoms with Gasteiger partial charge in [-0.15, -0.1) is 11.3 Å². The van der Waals surface area contributed by atoms with Crippen LogP contribution in [0.25, 0.3) is 5.82 Å². The lowest BCUT2D eigenvalue weighted by Gasteiger charge is -2.10. The number of anilines is 1. The number of esters is 1. The fourth-order valence-corrected chi connectivity index (χ4v) is 5.17. The van der Waals surface area contributed by atoms with Crippen LogP contribution in [0.1, 0.15) is 15.5 Å². The van der Waals surface area contributed by atoms with E-state index in [0.29, 0.717) is 29.0 Å². The second kappa shape index (κ2) is 8.77. The van der Waals surface area contributed by atoms with E-state index < -0.39 is 16.0 Å². The van der Waals surface area contributed by atoms with Gasteiger partial charge in [-0.05, 0) is 42.6 Å². The normalized spacial score (nSPS) is 11.2. The number of thiophene rings is 1. The summed E-state index contributed by atoms with van der Waals surface area (Å²) in [5.74, 6) is 1.20. The standard InChI is InChI=1S/C20H17N5O5S2/c1-13-22-17(25-9-8-21-12-25)11-18(23-13)30-15-5-3-14(4-6-15)24-32(27,28)16-7-10-31-19(16)20(26)29-2/h3-12,24H,1-2H3. The molecule has 0 unspecified atom stereocenters. The molecule has 3 heterocycles. The van der Waals surface area contributed by atoms with Gasteiger partial charge in [0.2, 0.25) is 5.88 Å². The highest BCUT2D eigenvalue weighted by Gasteiger charge is 2.24. The van der Waals surface area contributed by atoms with Gasteiger partial charge in [0.05, 0.1) is 7.11 Å². The first kappa shape index (κ1) is 21.5. The number of ether oxygens (including phenoxy) is 2. The summed E-state index contributed by atoms with van der Waals surface area (Å²) in [5, 5.41) is 1.51. The van der Waals surface area contributed by atoms with Crippen molar-refractivity contribution in [2.24, 2.45) is 0 Å². The first-order valence-electron chi connectivity index (χ1n) is 9.16. The van der Waals surface area contributed by atoms with E-state index in [-0.39, 0.29) is 9.77 Å². The van der Waals surface area contributed by atoms with E-state index in [1.807, 2.05) is 0 Å². The predicted octanol–water partition coefficient (Wildman–Crippen LogP) is 3.41. The van der Waals surface area contributed by atoms with E-state index in [1.165, 1.54) is 18.6 Å². The number of benzene rings is 1. The van der Waals surface area contributed by atoms with E-state index in [2.05, 4.69) is 24.4 Å².